The maximum atomic E-state index is 11.9. The van der Waals surface area contributed by atoms with Gasteiger partial charge in [-0.3, -0.25) is 4.79 Å². The number of rotatable bonds is 23. The van der Waals surface area contributed by atoms with Gasteiger partial charge in [-0.1, -0.05) is 96.8 Å². The summed E-state index contributed by atoms with van der Waals surface area (Å²) in [6.45, 7) is 1.42. The van der Waals surface area contributed by atoms with E-state index in [9.17, 15) is 38.2 Å². The molecule has 0 aromatic heterocycles. The zero-order chi connectivity index (χ0) is 29.1. The van der Waals surface area contributed by atoms with E-state index in [0.29, 0.717) is 6.42 Å². The fourth-order valence-electron chi connectivity index (χ4n) is 4.55. The topological polar surface area (TPSA) is 183 Å². The normalized spacial score (nSPS) is 23.9. The van der Waals surface area contributed by atoms with Crippen LogP contribution in [0, 0.1) is 0 Å². The molecule has 1 aliphatic heterocycles. The van der Waals surface area contributed by atoms with Crippen molar-refractivity contribution in [2.24, 2.45) is 0 Å². The van der Waals surface area contributed by atoms with Crippen LogP contribution >= 0.6 is 0 Å². The number of hydrogen-bond donors (Lipinski definition) is 4. The second kappa shape index (κ2) is 23.6. The van der Waals surface area contributed by atoms with E-state index < -0.39 is 65.3 Å². The molecule has 4 N–H and O–H groups in total. The minimum Gasteiger partial charge on any atom is -0.748 e. The van der Waals surface area contributed by atoms with E-state index >= 15 is 0 Å². The molecule has 1 fully saturated rings. The molecule has 1 rings (SSSR count). The number of carbonyl (C=O) groups is 1. The Morgan fingerprint density at radius 3 is 1.75 bits per heavy atom. The van der Waals surface area contributed by atoms with Gasteiger partial charge in [0.25, 0.3) is 0 Å². The summed E-state index contributed by atoms with van der Waals surface area (Å²) in [6.07, 6.45) is 8.82. The van der Waals surface area contributed by atoms with Gasteiger partial charge < -0.3 is 39.2 Å². The fourth-order valence-corrected chi connectivity index (χ4v) is 5.23. The van der Waals surface area contributed by atoms with E-state index in [4.69, 9.17) is 14.2 Å². The van der Waals surface area contributed by atoms with E-state index in [0.717, 1.165) is 19.3 Å². The molecular formula is C27H51NaO11S. The molecule has 0 spiro atoms. The molecule has 1 unspecified atom stereocenters. The van der Waals surface area contributed by atoms with Gasteiger partial charge in [0.1, 0.15) is 37.1 Å². The number of ether oxygens (including phenoxy) is 3. The molecule has 1 aliphatic rings. The molecule has 11 nitrogen and oxygen atoms in total. The zero-order valence-corrected chi connectivity index (χ0v) is 27.3. The Morgan fingerprint density at radius 2 is 1.27 bits per heavy atom. The van der Waals surface area contributed by atoms with Crippen LogP contribution < -0.4 is 29.6 Å². The van der Waals surface area contributed by atoms with Crippen LogP contribution in [0.4, 0.5) is 0 Å². The Labute approximate surface area is 262 Å². The first-order chi connectivity index (χ1) is 18.5. The molecule has 0 aromatic carbocycles. The molecule has 1 heterocycles. The largest absolute Gasteiger partial charge is 1.00 e. The van der Waals surface area contributed by atoms with E-state index in [1.807, 2.05) is 0 Å². The summed E-state index contributed by atoms with van der Waals surface area (Å²) in [5.41, 5.74) is 0. The quantitative estimate of drug-likeness (QED) is 0.0510. The van der Waals surface area contributed by atoms with Crippen molar-refractivity contribution in [1.29, 1.82) is 0 Å². The second-order valence-electron chi connectivity index (χ2n) is 10.6. The minimum absolute atomic E-state index is 0. The van der Waals surface area contributed by atoms with Crippen molar-refractivity contribution >= 4 is 16.1 Å². The number of carbonyl (C=O) groups excluding carboxylic acids is 1. The van der Waals surface area contributed by atoms with Gasteiger partial charge in [0.2, 0.25) is 0 Å². The van der Waals surface area contributed by atoms with Gasteiger partial charge in [-0.05, 0) is 6.42 Å². The molecule has 0 amide bonds. The number of unbranched alkanes of at least 4 members (excludes halogenated alkanes) is 14. The smallest absolute Gasteiger partial charge is 0.748 e. The molecular weight excluding hydrogens is 555 g/mol. The number of aliphatic hydroxyl groups is 4. The zero-order valence-electron chi connectivity index (χ0n) is 24.5. The first-order valence-electron chi connectivity index (χ1n) is 14.6. The predicted octanol–water partition coefficient (Wildman–Crippen LogP) is -0.475. The van der Waals surface area contributed by atoms with Crippen molar-refractivity contribution in [2.45, 2.75) is 146 Å². The molecule has 0 saturated carbocycles. The summed E-state index contributed by atoms with van der Waals surface area (Å²) in [4.78, 5) is 11.9. The third-order valence-electron chi connectivity index (χ3n) is 6.91. The van der Waals surface area contributed by atoms with Crippen molar-refractivity contribution in [3.05, 3.63) is 0 Å². The van der Waals surface area contributed by atoms with Gasteiger partial charge in [-0.25, -0.2) is 8.42 Å². The van der Waals surface area contributed by atoms with Gasteiger partial charge >= 0.3 is 35.5 Å². The second-order valence-corrected chi connectivity index (χ2v) is 12.1. The molecule has 0 radical (unpaired) electrons. The van der Waals surface area contributed by atoms with Crippen molar-refractivity contribution in [1.82, 2.24) is 0 Å². The molecule has 6 atom stereocenters. The van der Waals surface area contributed by atoms with Gasteiger partial charge in [0.15, 0.2) is 6.29 Å². The molecule has 40 heavy (non-hydrogen) atoms. The monoisotopic (exact) mass is 606 g/mol. The van der Waals surface area contributed by atoms with Crippen molar-refractivity contribution in [3.63, 3.8) is 0 Å². The molecule has 13 heteroatoms. The van der Waals surface area contributed by atoms with Crippen molar-refractivity contribution < 1.29 is 82.0 Å². The van der Waals surface area contributed by atoms with E-state index in [2.05, 4.69) is 6.92 Å². The maximum Gasteiger partial charge on any atom is 1.00 e. The number of aliphatic hydroxyl groups excluding tert-OH is 4. The Morgan fingerprint density at radius 1 is 0.800 bits per heavy atom. The van der Waals surface area contributed by atoms with Crippen LogP contribution in [0.15, 0.2) is 0 Å². The number of hydrogen-bond acceptors (Lipinski definition) is 11. The number of esters is 1. The Hall–Kier alpha value is 0.140. The van der Waals surface area contributed by atoms with Crippen molar-refractivity contribution in [2.75, 3.05) is 19.0 Å². The van der Waals surface area contributed by atoms with E-state index in [-0.39, 0.29) is 42.6 Å². The summed E-state index contributed by atoms with van der Waals surface area (Å²) < 4.78 is 48.2. The van der Waals surface area contributed by atoms with Gasteiger partial charge in [0, 0.05) is 6.42 Å². The van der Waals surface area contributed by atoms with Gasteiger partial charge in [-0.15, -0.1) is 0 Å². The van der Waals surface area contributed by atoms with Crippen LogP contribution in [0.5, 0.6) is 0 Å². The molecule has 0 aliphatic carbocycles. The standard InChI is InChI=1S/C27H52O11S.Na/c1-2-3-4-5-6-7-8-9-10-11-12-13-14-15-16-17-23(29)36-18-21(28)19-37-27-26(32)25(31)24(30)22(38-27)20-39(33,34)35;/h21-22,24-28,30-32H,2-20H2,1H3,(H,33,34,35);/q;+1/p-1/t21?,22-,24-,25+,26+,27+;/m1./s1. The average molecular weight is 607 g/mol. The van der Waals surface area contributed by atoms with Gasteiger partial charge in [0.05, 0.1) is 22.5 Å². The third kappa shape index (κ3) is 19.4. The maximum absolute atomic E-state index is 11.9. The summed E-state index contributed by atoms with van der Waals surface area (Å²) in [7, 11) is -4.78. The van der Waals surface area contributed by atoms with Crippen LogP contribution in [0.3, 0.4) is 0 Å². The Bertz CT molecular complexity index is 740. The Kier molecular flexibility index (Phi) is 23.7. The van der Waals surface area contributed by atoms with Crippen LogP contribution in [0.25, 0.3) is 0 Å². The fraction of sp³-hybridized carbons (Fsp3) is 0.963. The molecule has 1 saturated heterocycles. The van der Waals surface area contributed by atoms with E-state index in [1.165, 1.54) is 70.6 Å². The van der Waals surface area contributed by atoms with Crippen molar-refractivity contribution in [3.8, 4) is 0 Å². The van der Waals surface area contributed by atoms with E-state index in [1.54, 1.807) is 0 Å². The first kappa shape index (κ1) is 40.1. The van der Waals surface area contributed by atoms with Gasteiger partial charge in [-0.2, -0.15) is 0 Å². The first-order valence-corrected chi connectivity index (χ1v) is 16.2. The predicted molar refractivity (Wildman–Crippen MR) is 144 cm³/mol. The summed E-state index contributed by atoms with van der Waals surface area (Å²) >= 11 is 0. The van der Waals surface area contributed by atoms with Crippen LogP contribution in [0.1, 0.15) is 110 Å². The van der Waals surface area contributed by atoms with Crippen LogP contribution in [-0.2, 0) is 29.1 Å². The summed E-state index contributed by atoms with van der Waals surface area (Å²) in [5, 5.41) is 39.6. The molecule has 0 aromatic rings. The summed E-state index contributed by atoms with van der Waals surface area (Å²) in [6, 6.07) is 0. The average Bonchev–Trinajstić information content (AvgIpc) is 2.88. The van der Waals surface area contributed by atoms with Crippen LogP contribution in [0.2, 0.25) is 0 Å². The third-order valence-corrected chi connectivity index (χ3v) is 7.65. The summed E-state index contributed by atoms with van der Waals surface area (Å²) in [5.74, 6) is -1.57. The SMILES string of the molecule is CCCCCCCCCCCCCCCCCC(=O)OCC(O)CO[C@H]1O[C@H](CS(=O)(=O)[O-])[C@@H](O)[C@H](O)[C@@H]1O.[Na+]. The minimum atomic E-state index is -4.78. The molecule has 232 valence electrons. The Balaban J connectivity index is 0.0000152. The van der Waals surface area contributed by atoms with Crippen LogP contribution in [-0.4, -0.2) is 95.1 Å². The molecule has 0 bridgehead atoms.